The number of nitrogen functional groups attached to an aromatic ring is 1. The highest BCUT2D eigenvalue weighted by molar-refractivity contribution is 5.65. The van der Waals surface area contributed by atoms with Crippen LogP contribution in [0.2, 0.25) is 0 Å². The summed E-state index contributed by atoms with van der Waals surface area (Å²) in [5.74, 6) is 0. The number of alkyl halides is 3. The average Bonchev–Trinajstić information content (AvgIpc) is 2.31. The van der Waals surface area contributed by atoms with Crippen molar-refractivity contribution in [3.8, 4) is 0 Å². The van der Waals surface area contributed by atoms with Gasteiger partial charge in [0.2, 0.25) is 0 Å². The molecule has 0 fully saturated rings. The Morgan fingerprint density at radius 2 is 2.05 bits per heavy atom. The lowest BCUT2D eigenvalue weighted by Gasteiger charge is -2.17. The summed E-state index contributed by atoms with van der Waals surface area (Å²) < 4.78 is 37.7. The first-order valence-electron chi connectivity index (χ1n) is 6.43. The van der Waals surface area contributed by atoms with Gasteiger partial charge in [-0.1, -0.05) is 26.2 Å². The Hall–Kier alpha value is -1.46. The minimum atomic E-state index is -4.45. The number of rotatable bonds is 6. The average molecular weight is 275 g/mol. The number of aromatic nitrogens is 1. The van der Waals surface area contributed by atoms with Crippen LogP contribution >= 0.6 is 0 Å². The highest BCUT2D eigenvalue weighted by atomic mass is 19.4. The third-order valence-electron chi connectivity index (χ3n) is 2.87. The molecule has 0 aliphatic heterocycles. The van der Waals surface area contributed by atoms with Crippen LogP contribution in [0.3, 0.4) is 0 Å². The van der Waals surface area contributed by atoms with E-state index >= 15 is 0 Å². The molecule has 3 N–H and O–H groups in total. The largest absolute Gasteiger partial charge is 0.433 e. The van der Waals surface area contributed by atoms with Gasteiger partial charge < -0.3 is 11.1 Å². The molecule has 0 spiro atoms. The maximum Gasteiger partial charge on any atom is 0.433 e. The third-order valence-corrected chi connectivity index (χ3v) is 2.87. The number of hydrogen-bond donors (Lipinski definition) is 2. The second-order valence-corrected chi connectivity index (χ2v) is 4.70. The van der Waals surface area contributed by atoms with Gasteiger partial charge in [0.25, 0.3) is 0 Å². The Kier molecular flexibility index (Phi) is 5.44. The van der Waals surface area contributed by atoms with E-state index in [0.717, 1.165) is 37.9 Å². The normalized spacial score (nSPS) is 13.3. The van der Waals surface area contributed by atoms with Crippen LogP contribution in [0, 0.1) is 0 Å². The molecule has 3 nitrogen and oxygen atoms in total. The van der Waals surface area contributed by atoms with Crippen molar-refractivity contribution in [2.24, 2.45) is 0 Å². The lowest BCUT2D eigenvalue weighted by atomic mass is 10.1. The zero-order valence-corrected chi connectivity index (χ0v) is 11.2. The maximum absolute atomic E-state index is 12.6. The molecule has 0 saturated heterocycles. The van der Waals surface area contributed by atoms with Crippen LogP contribution in [0.1, 0.15) is 45.2 Å². The van der Waals surface area contributed by atoms with Crippen molar-refractivity contribution in [2.45, 2.75) is 51.7 Å². The Morgan fingerprint density at radius 1 is 1.37 bits per heavy atom. The molecule has 0 radical (unpaired) electrons. The van der Waals surface area contributed by atoms with Gasteiger partial charge in [-0.15, -0.1) is 0 Å². The summed E-state index contributed by atoms with van der Waals surface area (Å²) in [6.45, 7) is 4.04. The number of anilines is 2. The molecule has 1 rings (SSSR count). The van der Waals surface area contributed by atoms with Crippen LogP contribution in [-0.4, -0.2) is 11.0 Å². The molecule has 0 amide bonds. The first-order valence-corrected chi connectivity index (χ1v) is 6.43. The molecule has 1 heterocycles. The predicted molar refractivity (Wildman–Crippen MR) is 70.9 cm³/mol. The Morgan fingerprint density at radius 3 is 2.63 bits per heavy atom. The second-order valence-electron chi connectivity index (χ2n) is 4.70. The highest BCUT2D eigenvalue weighted by Crippen LogP contribution is 2.31. The van der Waals surface area contributed by atoms with Gasteiger partial charge in [0.15, 0.2) is 0 Å². The van der Waals surface area contributed by atoms with Gasteiger partial charge in [0.1, 0.15) is 5.69 Å². The molecule has 1 atom stereocenters. The maximum atomic E-state index is 12.6. The summed E-state index contributed by atoms with van der Waals surface area (Å²) in [5, 5.41) is 3.02. The van der Waals surface area contributed by atoms with Gasteiger partial charge in [0, 0.05) is 6.04 Å². The minimum absolute atomic E-state index is 0.0809. The van der Waals surface area contributed by atoms with E-state index in [1.165, 1.54) is 0 Å². The Labute approximate surface area is 111 Å². The van der Waals surface area contributed by atoms with Crippen molar-refractivity contribution in [1.82, 2.24) is 4.98 Å². The van der Waals surface area contributed by atoms with E-state index in [2.05, 4.69) is 17.2 Å². The fraction of sp³-hybridized carbons (Fsp3) is 0.615. The Balaban J connectivity index is 2.71. The highest BCUT2D eigenvalue weighted by Gasteiger charge is 2.33. The van der Waals surface area contributed by atoms with Crippen molar-refractivity contribution in [2.75, 3.05) is 11.1 Å². The van der Waals surface area contributed by atoms with Crippen LogP contribution in [0.5, 0.6) is 0 Å². The first kappa shape index (κ1) is 15.6. The summed E-state index contributed by atoms with van der Waals surface area (Å²) in [4.78, 5) is 3.30. The van der Waals surface area contributed by atoms with Crippen LogP contribution in [-0.2, 0) is 6.18 Å². The molecular weight excluding hydrogens is 255 g/mol. The molecule has 0 saturated carbocycles. The van der Waals surface area contributed by atoms with E-state index in [-0.39, 0.29) is 11.7 Å². The molecule has 1 aromatic rings. The van der Waals surface area contributed by atoms with E-state index in [1.54, 1.807) is 0 Å². The molecule has 0 aliphatic rings. The SMILES string of the molecule is CCCCCC(C)Nc1cc(C(F)(F)F)ncc1N. The molecule has 0 aromatic carbocycles. The zero-order chi connectivity index (χ0) is 14.5. The number of nitrogens with two attached hydrogens (primary N) is 1. The quantitative estimate of drug-likeness (QED) is 0.770. The molecule has 19 heavy (non-hydrogen) atoms. The van der Waals surface area contributed by atoms with E-state index in [0.29, 0.717) is 5.69 Å². The second kappa shape index (κ2) is 6.63. The van der Waals surface area contributed by atoms with Gasteiger partial charge >= 0.3 is 6.18 Å². The minimum Gasteiger partial charge on any atom is -0.396 e. The predicted octanol–water partition coefficient (Wildman–Crippen LogP) is 4.06. The molecule has 0 aliphatic carbocycles. The number of halogens is 3. The lowest BCUT2D eigenvalue weighted by Crippen LogP contribution is -2.17. The number of nitrogens with zero attached hydrogens (tertiary/aromatic N) is 1. The van der Waals surface area contributed by atoms with Gasteiger partial charge in [0.05, 0.1) is 17.6 Å². The van der Waals surface area contributed by atoms with Crippen molar-refractivity contribution in [3.05, 3.63) is 18.0 Å². The summed E-state index contributed by atoms with van der Waals surface area (Å²) in [7, 11) is 0. The molecule has 1 unspecified atom stereocenters. The monoisotopic (exact) mass is 275 g/mol. The fourth-order valence-electron chi connectivity index (χ4n) is 1.78. The smallest absolute Gasteiger partial charge is 0.396 e. The number of unbranched alkanes of at least 4 members (excludes halogenated alkanes) is 2. The molecule has 1 aromatic heterocycles. The summed E-state index contributed by atoms with van der Waals surface area (Å²) in [5.41, 5.74) is 5.25. The summed E-state index contributed by atoms with van der Waals surface area (Å²) >= 11 is 0. The molecule has 0 bridgehead atoms. The lowest BCUT2D eigenvalue weighted by molar-refractivity contribution is -0.141. The third kappa shape index (κ3) is 4.96. The number of nitrogens with one attached hydrogen (secondary N) is 1. The molecule has 6 heteroatoms. The van der Waals surface area contributed by atoms with E-state index in [4.69, 9.17) is 5.73 Å². The van der Waals surface area contributed by atoms with Crippen LogP contribution in [0.15, 0.2) is 12.3 Å². The van der Waals surface area contributed by atoms with Crippen LogP contribution in [0.4, 0.5) is 24.5 Å². The van der Waals surface area contributed by atoms with Crippen molar-refractivity contribution in [1.29, 1.82) is 0 Å². The van der Waals surface area contributed by atoms with Crippen LogP contribution < -0.4 is 11.1 Å². The van der Waals surface area contributed by atoms with Gasteiger partial charge in [-0.3, -0.25) is 0 Å². The van der Waals surface area contributed by atoms with E-state index in [1.807, 2.05) is 6.92 Å². The first-order chi connectivity index (χ1) is 8.84. The van der Waals surface area contributed by atoms with Gasteiger partial charge in [-0.25, -0.2) is 4.98 Å². The Bertz CT molecular complexity index is 405. The fourth-order valence-corrected chi connectivity index (χ4v) is 1.78. The van der Waals surface area contributed by atoms with Crippen molar-refractivity contribution < 1.29 is 13.2 Å². The molecule has 108 valence electrons. The van der Waals surface area contributed by atoms with Crippen molar-refractivity contribution in [3.63, 3.8) is 0 Å². The van der Waals surface area contributed by atoms with Crippen molar-refractivity contribution >= 4 is 11.4 Å². The van der Waals surface area contributed by atoms with Gasteiger partial charge in [-0.05, 0) is 19.4 Å². The summed E-state index contributed by atoms with van der Waals surface area (Å²) in [6.07, 6.45) is 0.770. The topological polar surface area (TPSA) is 50.9 Å². The van der Waals surface area contributed by atoms with E-state index in [9.17, 15) is 13.2 Å². The van der Waals surface area contributed by atoms with E-state index < -0.39 is 11.9 Å². The standard InChI is InChI=1S/C13H20F3N3/c1-3-4-5-6-9(2)19-11-7-12(13(14,15)16)18-8-10(11)17/h7-9H,3-6,17H2,1-2H3,(H,18,19). The number of pyridine rings is 1. The molecular formula is C13H20F3N3. The zero-order valence-electron chi connectivity index (χ0n) is 11.2. The van der Waals surface area contributed by atoms with Crippen LogP contribution in [0.25, 0.3) is 0 Å². The number of hydrogen-bond acceptors (Lipinski definition) is 3. The summed E-state index contributed by atoms with van der Waals surface area (Å²) in [6, 6.07) is 1.04. The van der Waals surface area contributed by atoms with Gasteiger partial charge in [-0.2, -0.15) is 13.2 Å².